The number of imidazole rings is 1. The maximum Gasteiger partial charge on any atom is 0.232 e. The van der Waals surface area contributed by atoms with Crippen molar-refractivity contribution in [2.75, 3.05) is 18.0 Å². The predicted octanol–water partition coefficient (Wildman–Crippen LogP) is 4.77. The molecular formula is C21H21ClN6S. The standard InChI is InChI=1S/C21H21ClN6S/c1-15-6-4-9-19-23-17(13-27(15)19)14-29-21-25-24-20(26-10-2-3-11-26)28(21)18-8-5-7-16(22)12-18/h4-9,12-13H,2-3,10-11,14H2,1H3. The molecule has 0 unspecified atom stereocenters. The highest BCUT2D eigenvalue weighted by molar-refractivity contribution is 7.98. The Kier molecular flexibility index (Phi) is 4.93. The van der Waals surface area contributed by atoms with Crippen molar-refractivity contribution in [3.8, 4) is 5.69 Å². The Bertz CT molecular complexity index is 1160. The number of anilines is 1. The summed E-state index contributed by atoms with van der Waals surface area (Å²) in [6.07, 6.45) is 4.47. The van der Waals surface area contributed by atoms with Crippen LogP contribution in [0.4, 0.5) is 5.95 Å². The molecule has 148 valence electrons. The van der Waals surface area contributed by atoms with E-state index in [0.29, 0.717) is 5.02 Å². The van der Waals surface area contributed by atoms with Gasteiger partial charge in [-0.15, -0.1) is 10.2 Å². The summed E-state index contributed by atoms with van der Waals surface area (Å²) in [7, 11) is 0. The molecule has 1 fully saturated rings. The second kappa shape index (κ2) is 7.72. The molecule has 1 aliphatic heterocycles. The van der Waals surface area contributed by atoms with Crippen LogP contribution in [0.25, 0.3) is 11.3 Å². The van der Waals surface area contributed by atoms with Gasteiger partial charge >= 0.3 is 0 Å². The van der Waals surface area contributed by atoms with Gasteiger partial charge in [0.15, 0.2) is 5.16 Å². The van der Waals surface area contributed by atoms with E-state index in [1.807, 2.05) is 36.4 Å². The summed E-state index contributed by atoms with van der Waals surface area (Å²) in [5, 5.41) is 10.6. The van der Waals surface area contributed by atoms with E-state index in [1.165, 1.54) is 18.5 Å². The monoisotopic (exact) mass is 424 g/mol. The first-order chi connectivity index (χ1) is 14.2. The maximum atomic E-state index is 6.27. The average molecular weight is 425 g/mol. The SMILES string of the molecule is Cc1cccc2nc(CSc3nnc(N4CCCC4)n3-c3cccc(Cl)c3)cn12. The second-order valence-corrected chi connectivity index (χ2v) is 8.59. The highest BCUT2D eigenvalue weighted by Crippen LogP contribution is 2.31. The summed E-state index contributed by atoms with van der Waals surface area (Å²) in [5.41, 5.74) is 4.14. The molecule has 3 aromatic heterocycles. The molecule has 5 rings (SSSR count). The van der Waals surface area contributed by atoms with Crippen LogP contribution >= 0.6 is 23.4 Å². The minimum atomic E-state index is 0.704. The number of aromatic nitrogens is 5. The third-order valence-corrected chi connectivity index (χ3v) is 6.36. The zero-order valence-electron chi connectivity index (χ0n) is 16.1. The van der Waals surface area contributed by atoms with Crippen molar-refractivity contribution in [2.45, 2.75) is 30.7 Å². The van der Waals surface area contributed by atoms with Crippen LogP contribution in [-0.2, 0) is 5.75 Å². The molecule has 6 nitrogen and oxygen atoms in total. The molecule has 0 bridgehead atoms. The van der Waals surface area contributed by atoms with Crippen LogP contribution in [-0.4, -0.2) is 37.2 Å². The van der Waals surface area contributed by atoms with Crippen molar-refractivity contribution in [2.24, 2.45) is 0 Å². The highest BCUT2D eigenvalue weighted by Gasteiger charge is 2.22. The summed E-state index contributed by atoms with van der Waals surface area (Å²) in [6.45, 7) is 4.11. The van der Waals surface area contributed by atoms with E-state index in [9.17, 15) is 0 Å². The van der Waals surface area contributed by atoms with E-state index in [2.05, 4.69) is 43.3 Å². The van der Waals surface area contributed by atoms with Crippen LogP contribution in [0.5, 0.6) is 0 Å². The van der Waals surface area contributed by atoms with E-state index in [0.717, 1.165) is 47.0 Å². The Morgan fingerprint density at radius 2 is 1.90 bits per heavy atom. The Hall–Kier alpha value is -2.51. The molecule has 0 radical (unpaired) electrons. The topological polar surface area (TPSA) is 51.2 Å². The van der Waals surface area contributed by atoms with Gasteiger partial charge in [0, 0.05) is 35.8 Å². The molecule has 0 spiro atoms. The number of aryl methyl sites for hydroxylation is 1. The fraction of sp³-hybridized carbons (Fsp3) is 0.286. The quantitative estimate of drug-likeness (QED) is 0.432. The molecular weight excluding hydrogens is 404 g/mol. The predicted molar refractivity (Wildman–Crippen MR) is 117 cm³/mol. The van der Waals surface area contributed by atoms with Crippen molar-refractivity contribution in [3.05, 3.63) is 65.1 Å². The molecule has 4 heterocycles. The molecule has 0 amide bonds. The van der Waals surface area contributed by atoms with Crippen LogP contribution in [0.1, 0.15) is 24.2 Å². The number of pyridine rings is 1. The third kappa shape index (κ3) is 3.60. The molecule has 0 saturated carbocycles. The lowest BCUT2D eigenvalue weighted by molar-refractivity contribution is 0.841. The third-order valence-electron chi connectivity index (χ3n) is 5.17. The fourth-order valence-corrected chi connectivity index (χ4v) is 4.74. The fourth-order valence-electron chi connectivity index (χ4n) is 3.73. The summed E-state index contributed by atoms with van der Waals surface area (Å²) in [5.74, 6) is 1.61. The van der Waals surface area contributed by atoms with E-state index in [1.54, 1.807) is 11.8 Å². The summed E-state index contributed by atoms with van der Waals surface area (Å²) in [6, 6.07) is 14.0. The van der Waals surface area contributed by atoms with Gasteiger partial charge in [0.2, 0.25) is 5.95 Å². The molecule has 1 aliphatic rings. The van der Waals surface area contributed by atoms with Crippen molar-refractivity contribution in [1.29, 1.82) is 0 Å². The van der Waals surface area contributed by atoms with Crippen LogP contribution in [0.2, 0.25) is 5.02 Å². The van der Waals surface area contributed by atoms with Crippen molar-refractivity contribution < 1.29 is 0 Å². The van der Waals surface area contributed by atoms with Gasteiger partial charge in [-0.25, -0.2) is 4.98 Å². The first-order valence-electron chi connectivity index (χ1n) is 9.72. The van der Waals surface area contributed by atoms with Gasteiger partial charge in [0.1, 0.15) is 5.65 Å². The van der Waals surface area contributed by atoms with Crippen molar-refractivity contribution >= 4 is 35.0 Å². The lowest BCUT2D eigenvalue weighted by Gasteiger charge is -2.18. The van der Waals surface area contributed by atoms with Gasteiger partial charge in [-0.3, -0.25) is 4.57 Å². The highest BCUT2D eigenvalue weighted by atomic mass is 35.5. The number of halogens is 1. The number of hydrogen-bond donors (Lipinski definition) is 0. The Morgan fingerprint density at radius 3 is 2.69 bits per heavy atom. The van der Waals surface area contributed by atoms with E-state index in [4.69, 9.17) is 16.6 Å². The van der Waals surface area contributed by atoms with Gasteiger partial charge in [0.05, 0.1) is 11.4 Å². The van der Waals surface area contributed by atoms with Crippen molar-refractivity contribution in [3.63, 3.8) is 0 Å². The minimum absolute atomic E-state index is 0.704. The Labute approximate surface area is 178 Å². The smallest absolute Gasteiger partial charge is 0.232 e. The number of thioether (sulfide) groups is 1. The number of nitrogens with zero attached hydrogens (tertiary/aromatic N) is 6. The van der Waals surface area contributed by atoms with Crippen molar-refractivity contribution in [1.82, 2.24) is 24.1 Å². The molecule has 0 atom stereocenters. The molecule has 1 saturated heterocycles. The largest absolute Gasteiger partial charge is 0.341 e. The number of hydrogen-bond acceptors (Lipinski definition) is 5. The maximum absolute atomic E-state index is 6.27. The lowest BCUT2D eigenvalue weighted by Crippen LogP contribution is -2.22. The number of benzene rings is 1. The molecule has 0 aliphatic carbocycles. The summed E-state index contributed by atoms with van der Waals surface area (Å²) >= 11 is 7.92. The van der Waals surface area contributed by atoms with E-state index in [-0.39, 0.29) is 0 Å². The molecule has 4 aromatic rings. The summed E-state index contributed by atoms with van der Waals surface area (Å²) in [4.78, 5) is 7.04. The van der Waals surface area contributed by atoms with E-state index < -0.39 is 0 Å². The molecule has 1 aromatic carbocycles. The number of rotatable bonds is 5. The number of fused-ring (bicyclic) bond motifs is 1. The normalized spacial score (nSPS) is 14.2. The molecule has 8 heteroatoms. The molecule has 29 heavy (non-hydrogen) atoms. The van der Waals surface area contributed by atoms with Gasteiger partial charge in [0.25, 0.3) is 0 Å². The Morgan fingerprint density at radius 1 is 1.07 bits per heavy atom. The van der Waals surface area contributed by atoms with Gasteiger partial charge < -0.3 is 9.30 Å². The van der Waals surface area contributed by atoms with Crippen LogP contribution in [0, 0.1) is 6.92 Å². The first kappa shape index (κ1) is 18.5. The van der Waals surface area contributed by atoms with Crippen LogP contribution < -0.4 is 4.90 Å². The average Bonchev–Trinajstić information content (AvgIpc) is 3.45. The minimum Gasteiger partial charge on any atom is -0.341 e. The lowest BCUT2D eigenvalue weighted by atomic mass is 10.3. The molecule has 0 N–H and O–H groups in total. The van der Waals surface area contributed by atoms with Gasteiger partial charge in [-0.05, 0) is 50.1 Å². The second-order valence-electron chi connectivity index (χ2n) is 7.21. The summed E-state index contributed by atoms with van der Waals surface area (Å²) < 4.78 is 4.23. The van der Waals surface area contributed by atoms with Gasteiger partial charge in [-0.2, -0.15) is 0 Å². The van der Waals surface area contributed by atoms with E-state index >= 15 is 0 Å². The zero-order chi connectivity index (χ0) is 19.8. The van der Waals surface area contributed by atoms with Gasteiger partial charge in [-0.1, -0.05) is 35.5 Å². The zero-order valence-corrected chi connectivity index (χ0v) is 17.7. The van der Waals surface area contributed by atoms with Crippen LogP contribution in [0.15, 0.2) is 53.8 Å². The first-order valence-corrected chi connectivity index (χ1v) is 11.1. The Balaban J connectivity index is 1.48. The van der Waals surface area contributed by atoms with Crippen LogP contribution in [0.3, 0.4) is 0 Å².